The van der Waals surface area contributed by atoms with Crippen molar-refractivity contribution in [3.8, 4) is 56.2 Å². The van der Waals surface area contributed by atoms with E-state index in [4.69, 9.17) is 14.4 Å². The van der Waals surface area contributed by atoms with E-state index < -0.39 is 0 Å². The molecule has 0 unspecified atom stereocenters. The first kappa shape index (κ1) is 28.7. The average molecular weight is 641 g/mol. The maximum Gasteiger partial charge on any atom is 0.160 e. The molecule has 10 rings (SSSR count). The molecule has 0 spiro atoms. The van der Waals surface area contributed by atoms with Gasteiger partial charge in [-0.1, -0.05) is 135 Å². The molecule has 7 aromatic carbocycles. The molecule has 0 amide bonds. The lowest BCUT2D eigenvalue weighted by molar-refractivity contribution is 0.661. The van der Waals surface area contributed by atoms with E-state index in [0.717, 1.165) is 61.1 Å². The molecule has 236 valence electrons. The zero-order valence-corrected chi connectivity index (χ0v) is 27.8. The second-order valence-corrected chi connectivity index (χ2v) is 13.8. The number of fused-ring (bicyclic) bond motifs is 7. The summed E-state index contributed by atoms with van der Waals surface area (Å²) in [4.78, 5) is 10.6. The molecule has 0 fully saturated rings. The van der Waals surface area contributed by atoms with Crippen LogP contribution in [0.15, 0.2) is 162 Å². The largest absolute Gasteiger partial charge is 0.455 e. The lowest BCUT2D eigenvalue weighted by Crippen LogP contribution is -2.14. The predicted molar refractivity (Wildman–Crippen MR) is 206 cm³/mol. The summed E-state index contributed by atoms with van der Waals surface area (Å²) in [6.07, 6.45) is 0. The van der Waals surface area contributed by atoms with Crippen molar-refractivity contribution in [3.05, 3.63) is 169 Å². The van der Waals surface area contributed by atoms with Crippen LogP contribution in [-0.4, -0.2) is 9.97 Å². The fourth-order valence-corrected chi connectivity index (χ4v) is 7.94. The Balaban J connectivity index is 1.25. The molecule has 1 aliphatic rings. The monoisotopic (exact) mass is 640 g/mol. The highest BCUT2D eigenvalue weighted by molar-refractivity contribution is 6.11. The van der Waals surface area contributed by atoms with Gasteiger partial charge in [0.15, 0.2) is 5.82 Å². The van der Waals surface area contributed by atoms with Gasteiger partial charge in [-0.15, -0.1) is 0 Å². The van der Waals surface area contributed by atoms with Crippen LogP contribution in [-0.2, 0) is 5.41 Å². The Hall–Kier alpha value is -6.32. The zero-order chi connectivity index (χ0) is 33.4. The number of aromatic nitrogens is 2. The van der Waals surface area contributed by atoms with Crippen LogP contribution in [0, 0.1) is 0 Å². The normalized spacial score (nSPS) is 13.2. The van der Waals surface area contributed by atoms with Crippen LogP contribution in [0.25, 0.3) is 88.9 Å². The van der Waals surface area contributed by atoms with Crippen LogP contribution in [0.2, 0.25) is 0 Å². The summed E-state index contributed by atoms with van der Waals surface area (Å²) in [5, 5.41) is 4.67. The number of nitrogens with zero attached hydrogens (tertiary/aromatic N) is 2. The topological polar surface area (TPSA) is 38.9 Å². The number of rotatable bonds is 4. The molecule has 9 aromatic rings. The van der Waals surface area contributed by atoms with Crippen molar-refractivity contribution in [2.75, 3.05) is 0 Å². The number of furan rings is 1. The van der Waals surface area contributed by atoms with E-state index in [2.05, 4.69) is 135 Å². The van der Waals surface area contributed by atoms with Crippen LogP contribution >= 0.6 is 0 Å². The van der Waals surface area contributed by atoms with Gasteiger partial charge >= 0.3 is 0 Å². The van der Waals surface area contributed by atoms with E-state index in [1.54, 1.807) is 0 Å². The van der Waals surface area contributed by atoms with E-state index in [0.29, 0.717) is 5.82 Å². The molecule has 50 heavy (non-hydrogen) atoms. The highest BCUT2D eigenvalue weighted by Gasteiger charge is 2.37. The molecular formula is C47H32N2O. The molecule has 3 heteroatoms. The van der Waals surface area contributed by atoms with Gasteiger partial charge in [0.2, 0.25) is 0 Å². The second-order valence-electron chi connectivity index (χ2n) is 13.8. The van der Waals surface area contributed by atoms with Crippen molar-refractivity contribution >= 4 is 32.7 Å². The predicted octanol–water partition coefficient (Wildman–Crippen LogP) is 12.5. The summed E-state index contributed by atoms with van der Waals surface area (Å²) in [6, 6.07) is 55.8. The first-order valence-corrected chi connectivity index (χ1v) is 17.2. The molecule has 0 aliphatic heterocycles. The van der Waals surface area contributed by atoms with Crippen molar-refractivity contribution in [1.29, 1.82) is 0 Å². The van der Waals surface area contributed by atoms with Crippen LogP contribution in [0.5, 0.6) is 0 Å². The fraction of sp³-hybridized carbons (Fsp3) is 0.0638. The third-order valence-corrected chi connectivity index (χ3v) is 10.5. The Bertz CT molecular complexity index is 2780. The summed E-state index contributed by atoms with van der Waals surface area (Å²) in [6.45, 7) is 4.68. The van der Waals surface area contributed by atoms with Crippen molar-refractivity contribution in [2.45, 2.75) is 19.3 Å². The van der Waals surface area contributed by atoms with Crippen LogP contribution in [0.4, 0.5) is 0 Å². The third kappa shape index (κ3) is 4.37. The standard InChI is InChI=1S/C47H32N2O/c1-47(2)39-22-13-21-35(44(39)38-24-31-18-9-10-19-32(31)27-40(38)47)42-28-41(48-46(49-42)30-16-7-4-8-17-30)33-25-36(29-14-5-3-6-15-29)45-37(26-33)34-20-11-12-23-43(34)50-45/h3-28H,1-2H3. The summed E-state index contributed by atoms with van der Waals surface area (Å²) >= 11 is 0. The van der Waals surface area contributed by atoms with Crippen LogP contribution in [0.1, 0.15) is 25.0 Å². The Morgan fingerprint density at radius 2 is 1.14 bits per heavy atom. The van der Waals surface area contributed by atoms with Gasteiger partial charge in [-0.3, -0.25) is 0 Å². The van der Waals surface area contributed by atoms with Crippen LogP contribution in [0.3, 0.4) is 0 Å². The smallest absolute Gasteiger partial charge is 0.160 e. The highest BCUT2D eigenvalue weighted by Crippen LogP contribution is 2.53. The summed E-state index contributed by atoms with van der Waals surface area (Å²) in [5.74, 6) is 0.699. The molecule has 0 atom stereocenters. The Labute approximate surface area is 290 Å². The summed E-state index contributed by atoms with van der Waals surface area (Å²) in [5.41, 5.74) is 13.8. The van der Waals surface area contributed by atoms with Crippen molar-refractivity contribution < 1.29 is 4.42 Å². The molecule has 0 saturated carbocycles. The van der Waals surface area contributed by atoms with Gasteiger partial charge in [0.1, 0.15) is 11.2 Å². The molecular weight excluding hydrogens is 609 g/mol. The number of hydrogen-bond acceptors (Lipinski definition) is 3. The van der Waals surface area contributed by atoms with Gasteiger partial charge in [-0.05, 0) is 75.0 Å². The van der Waals surface area contributed by atoms with E-state index in [-0.39, 0.29) is 5.41 Å². The maximum absolute atomic E-state index is 6.52. The quantitative estimate of drug-likeness (QED) is 0.192. The molecule has 0 radical (unpaired) electrons. The van der Waals surface area contributed by atoms with Crippen molar-refractivity contribution in [1.82, 2.24) is 9.97 Å². The molecule has 1 aliphatic carbocycles. The molecule has 0 bridgehead atoms. The lowest BCUT2D eigenvalue weighted by Gasteiger charge is -2.22. The average Bonchev–Trinajstić information content (AvgIpc) is 3.66. The van der Waals surface area contributed by atoms with E-state index in [1.807, 2.05) is 36.4 Å². The molecule has 3 nitrogen and oxygen atoms in total. The first-order chi connectivity index (χ1) is 24.5. The Morgan fingerprint density at radius 1 is 0.460 bits per heavy atom. The van der Waals surface area contributed by atoms with E-state index in [9.17, 15) is 0 Å². The minimum Gasteiger partial charge on any atom is -0.455 e. The van der Waals surface area contributed by atoms with Crippen molar-refractivity contribution in [3.63, 3.8) is 0 Å². The van der Waals surface area contributed by atoms with Gasteiger partial charge in [0.05, 0.1) is 11.4 Å². The highest BCUT2D eigenvalue weighted by atomic mass is 16.3. The molecule has 0 saturated heterocycles. The van der Waals surface area contributed by atoms with Gasteiger partial charge in [-0.2, -0.15) is 0 Å². The summed E-state index contributed by atoms with van der Waals surface area (Å²) < 4.78 is 6.52. The number of para-hydroxylation sites is 1. The van der Waals surface area contributed by atoms with E-state index >= 15 is 0 Å². The van der Waals surface area contributed by atoms with Crippen LogP contribution < -0.4 is 0 Å². The van der Waals surface area contributed by atoms with Crippen molar-refractivity contribution in [2.24, 2.45) is 0 Å². The first-order valence-electron chi connectivity index (χ1n) is 17.2. The minimum absolute atomic E-state index is 0.152. The van der Waals surface area contributed by atoms with Gasteiger partial charge in [0, 0.05) is 38.4 Å². The van der Waals surface area contributed by atoms with Gasteiger partial charge in [0.25, 0.3) is 0 Å². The zero-order valence-electron chi connectivity index (χ0n) is 27.8. The third-order valence-electron chi connectivity index (χ3n) is 10.5. The lowest BCUT2D eigenvalue weighted by atomic mass is 9.81. The molecule has 2 aromatic heterocycles. The fourth-order valence-electron chi connectivity index (χ4n) is 7.94. The Morgan fingerprint density at radius 3 is 1.94 bits per heavy atom. The van der Waals surface area contributed by atoms with Gasteiger partial charge < -0.3 is 4.42 Å². The molecule has 2 heterocycles. The summed E-state index contributed by atoms with van der Waals surface area (Å²) in [7, 11) is 0. The SMILES string of the molecule is CC1(C)c2cc3ccccc3cc2-c2c(-c3cc(-c4cc(-c5ccccc5)c5oc6ccccc6c5c4)nc(-c4ccccc4)n3)cccc21. The van der Waals surface area contributed by atoms with Gasteiger partial charge in [-0.25, -0.2) is 9.97 Å². The second kappa shape index (κ2) is 10.8. The number of benzene rings is 7. The molecule has 0 N–H and O–H groups in total. The van der Waals surface area contributed by atoms with E-state index in [1.165, 1.54) is 33.0 Å². The number of hydrogen-bond donors (Lipinski definition) is 0. The minimum atomic E-state index is -0.152. The maximum atomic E-state index is 6.52. The Kier molecular flexibility index (Phi) is 6.22.